The fraction of sp³-hybridized carbons (Fsp3) is 0.214. The van der Waals surface area contributed by atoms with Gasteiger partial charge in [-0.2, -0.15) is 11.8 Å². The van der Waals surface area contributed by atoms with Crippen LogP contribution in [-0.2, 0) is 15.3 Å². The third-order valence-corrected chi connectivity index (χ3v) is 3.97. The lowest BCUT2D eigenvalue weighted by molar-refractivity contribution is -0.139. The molecule has 1 amide bonds. The van der Waals surface area contributed by atoms with Gasteiger partial charge < -0.3 is 15.0 Å². The average Bonchev–Trinajstić information content (AvgIpc) is 3.01. The van der Waals surface area contributed by atoms with Crippen LogP contribution < -0.4 is 5.32 Å². The van der Waals surface area contributed by atoms with Crippen LogP contribution in [0.2, 0.25) is 0 Å². The van der Waals surface area contributed by atoms with Crippen LogP contribution in [0.15, 0.2) is 43.0 Å². The number of amides is 1. The number of carboxylic acid groups (broad SMARTS) is 1. The Bertz CT molecular complexity index is 584. The van der Waals surface area contributed by atoms with Crippen molar-refractivity contribution in [3.63, 3.8) is 0 Å². The van der Waals surface area contributed by atoms with Gasteiger partial charge in [-0.1, -0.05) is 12.1 Å². The highest BCUT2D eigenvalue weighted by Crippen LogP contribution is 2.16. The number of nitrogens with one attached hydrogen (secondary N) is 1. The number of benzene rings is 1. The summed E-state index contributed by atoms with van der Waals surface area (Å²) in [6.07, 6.45) is 5.73. The van der Waals surface area contributed by atoms with E-state index < -0.39 is 12.0 Å². The Morgan fingerprint density at radius 2 is 2.19 bits per heavy atom. The molecule has 0 fully saturated rings. The number of carbonyl (C=O) groups is 2. The van der Waals surface area contributed by atoms with Crippen LogP contribution in [0.4, 0.5) is 0 Å². The van der Waals surface area contributed by atoms with Gasteiger partial charge in [-0.25, -0.2) is 9.78 Å². The first-order valence-electron chi connectivity index (χ1n) is 6.28. The molecule has 1 unspecified atom stereocenters. The van der Waals surface area contributed by atoms with Crippen molar-refractivity contribution < 1.29 is 14.7 Å². The van der Waals surface area contributed by atoms with Gasteiger partial charge in [-0.3, -0.25) is 4.79 Å². The van der Waals surface area contributed by atoms with E-state index in [1.165, 1.54) is 11.8 Å². The molecule has 0 aliphatic rings. The van der Waals surface area contributed by atoms with Crippen molar-refractivity contribution in [1.82, 2.24) is 14.9 Å². The summed E-state index contributed by atoms with van der Waals surface area (Å²) >= 11 is 1.46. The summed E-state index contributed by atoms with van der Waals surface area (Å²) in [5, 5.41) is 11.2. The number of aromatic nitrogens is 2. The highest BCUT2D eigenvalue weighted by atomic mass is 32.2. The summed E-state index contributed by atoms with van der Waals surface area (Å²) in [5.74, 6) is -0.00338. The molecule has 6 nitrogen and oxygen atoms in total. The molecule has 0 bridgehead atoms. The standard InChI is InChI=1S/C14H15N3O3S/c18-10-16-13(14(19)20)8-21-7-11-1-3-12(4-2-11)17-6-5-15-9-17/h1-6,9-10,13H,7-8H2,(H,16,18)(H,19,20). The van der Waals surface area contributed by atoms with Gasteiger partial charge in [0, 0.05) is 29.6 Å². The van der Waals surface area contributed by atoms with E-state index in [1.807, 2.05) is 35.0 Å². The van der Waals surface area contributed by atoms with E-state index >= 15 is 0 Å². The predicted octanol–water partition coefficient (Wildman–Crippen LogP) is 1.30. The molecule has 2 rings (SSSR count). The molecule has 1 atom stereocenters. The van der Waals surface area contributed by atoms with Crippen LogP contribution in [0.3, 0.4) is 0 Å². The van der Waals surface area contributed by atoms with Gasteiger partial charge in [-0.05, 0) is 17.7 Å². The minimum atomic E-state index is -1.02. The lowest BCUT2D eigenvalue weighted by atomic mass is 10.2. The maximum Gasteiger partial charge on any atom is 0.327 e. The molecule has 0 saturated carbocycles. The summed E-state index contributed by atoms with van der Waals surface area (Å²) < 4.78 is 1.91. The minimum absolute atomic E-state index is 0.331. The third-order valence-electron chi connectivity index (χ3n) is 2.86. The van der Waals surface area contributed by atoms with Gasteiger partial charge >= 0.3 is 5.97 Å². The quantitative estimate of drug-likeness (QED) is 0.718. The number of rotatable bonds is 8. The maximum absolute atomic E-state index is 10.9. The summed E-state index contributed by atoms with van der Waals surface area (Å²) in [5.41, 5.74) is 2.12. The molecule has 21 heavy (non-hydrogen) atoms. The van der Waals surface area contributed by atoms with Crippen LogP contribution in [0.25, 0.3) is 5.69 Å². The molecule has 0 saturated heterocycles. The van der Waals surface area contributed by atoms with Crippen molar-refractivity contribution in [2.45, 2.75) is 11.8 Å². The summed E-state index contributed by atoms with van der Waals surface area (Å²) in [4.78, 5) is 25.2. The Hall–Kier alpha value is -2.28. The van der Waals surface area contributed by atoms with E-state index in [2.05, 4.69) is 10.3 Å². The largest absolute Gasteiger partial charge is 0.480 e. The van der Waals surface area contributed by atoms with Crippen molar-refractivity contribution in [2.75, 3.05) is 5.75 Å². The zero-order valence-electron chi connectivity index (χ0n) is 11.2. The van der Waals surface area contributed by atoms with Crippen LogP contribution in [0.1, 0.15) is 5.56 Å². The van der Waals surface area contributed by atoms with Gasteiger partial charge in [0.25, 0.3) is 0 Å². The van der Waals surface area contributed by atoms with Crippen LogP contribution in [0, 0.1) is 0 Å². The second-order valence-corrected chi connectivity index (χ2v) is 5.36. The van der Waals surface area contributed by atoms with Crippen molar-refractivity contribution in [3.8, 4) is 5.69 Å². The molecule has 1 heterocycles. The highest BCUT2D eigenvalue weighted by molar-refractivity contribution is 7.98. The number of imidazole rings is 1. The third kappa shape index (κ3) is 4.35. The molecule has 1 aromatic carbocycles. The maximum atomic E-state index is 10.9. The Balaban J connectivity index is 1.86. The number of thioether (sulfide) groups is 1. The van der Waals surface area contributed by atoms with Crippen LogP contribution >= 0.6 is 11.8 Å². The first-order chi connectivity index (χ1) is 10.2. The Labute approximate surface area is 126 Å². The SMILES string of the molecule is O=CNC(CSCc1ccc(-n2ccnc2)cc1)C(=O)O. The first kappa shape index (κ1) is 15.1. The fourth-order valence-corrected chi connectivity index (χ4v) is 2.76. The van der Waals surface area contributed by atoms with Crippen LogP contribution in [0.5, 0.6) is 0 Å². The monoisotopic (exact) mass is 305 g/mol. The van der Waals surface area contributed by atoms with E-state index in [0.717, 1.165) is 11.3 Å². The van der Waals surface area contributed by atoms with Gasteiger partial charge in [0.2, 0.25) is 6.41 Å². The van der Waals surface area contributed by atoms with Gasteiger partial charge in [0.1, 0.15) is 6.04 Å². The first-order valence-corrected chi connectivity index (χ1v) is 7.43. The van der Waals surface area contributed by atoms with E-state index in [-0.39, 0.29) is 0 Å². The summed E-state index contributed by atoms with van der Waals surface area (Å²) in [6, 6.07) is 7.10. The molecule has 0 spiro atoms. The topological polar surface area (TPSA) is 84.2 Å². The van der Waals surface area contributed by atoms with Crippen molar-refractivity contribution in [1.29, 1.82) is 0 Å². The van der Waals surface area contributed by atoms with E-state index in [9.17, 15) is 9.59 Å². The molecule has 7 heteroatoms. The smallest absolute Gasteiger partial charge is 0.327 e. The second kappa shape index (κ2) is 7.49. The van der Waals surface area contributed by atoms with Crippen molar-refractivity contribution >= 4 is 24.1 Å². The molecule has 0 radical (unpaired) electrons. The van der Waals surface area contributed by atoms with E-state index in [0.29, 0.717) is 17.9 Å². The number of carboxylic acids is 1. The molecular weight excluding hydrogens is 290 g/mol. The lowest BCUT2D eigenvalue weighted by Crippen LogP contribution is -2.37. The molecule has 0 aliphatic carbocycles. The summed E-state index contributed by atoms with van der Waals surface area (Å²) in [7, 11) is 0. The van der Waals surface area contributed by atoms with Gasteiger partial charge in [-0.15, -0.1) is 0 Å². The number of aliphatic carboxylic acids is 1. The summed E-state index contributed by atoms with van der Waals surface area (Å²) in [6.45, 7) is 0. The average molecular weight is 305 g/mol. The molecule has 2 N–H and O–H groups in total. The van der Waals surface area contributed by atoms with Crippen molar-refractivity contribution in [3.05, 3.63) is 48.5 Å². The molecule has 110 valence electrons. The number of hydrogen-bond acceptors (Lipinski definition) is 4. The Morgan fingerprint density at radius 1 is 1.43 bits per heavy atom. The van der Waals surface area contributed by atoms with E-state index in [4.69, 9.17) is 5.11 Å². The Kier molecular flexibility index (Phi) is 5.39. The number of carbonyl (C=O) groups excluding carboxylic acids is 1. The normalized spacial score (nSPS) is 11.8. The van der Waals surface area contributed by atoms with Crippen molar-refractivity contribution in [2.24, 2.45) is 0 Å². The number of hydrogen-bond donors (Lipinski definition) is 2. The molecule has 0 aliphatic heterocycles. The fourth-order valence-electron chi connectivity index (χ4n) is 1.74. The van der Waals surface area contributed by atoms with Gasteiger partial charge in [0.15, 0.2) is 0 Å². The van der Waals surface area contributed by atoms with Gasteiger partial charge in [0.05, 0.1) is 6.33 Å². The molecule has 1 aromatic heterocycles. The molecule has 2 aromatic rings. The minimum Gasteiger partial charge on any atom is -0.480 e. The predicted molar refractivity (Wildman–Crippen MR) is 80.3 cm³/mol. The zero-order chi connectivity index (χ0) is 15.1. The van der Waals surface area contributed by atoms with Crippen LogP contribution in [-0.4, -0.2) is 38.8 Å². The second-order valence-electron chi connectivity index (χ2n) is 4.33. The molecular formula is C14H15N3O3S. The number of nitrogens with zero attached hydrogens (tertiary/aromatic N) is 2. The highest BCUT2D eigenvalue weighted by Gasteiger charge is 2.15. The lowest BCUT2D eigenvalue weighted by Gasteiger charge is -2.10. The Morgan fingerprint density at radius 3 is 2.76 bits per heavy atom. The van der Waals surface area contributed by atoms with E-state index in [1.54, 1.807) is 12.5 Å². The zero-order valence-corrected chi connectivity index (χ0v) is 12.0.